The molecule has 5 rings (SSSR count). The van der Waals surface area contributed by atoms with Crippen molar-refractivity contribution in [1.29, 1.82) is 0 Å². The fraction of sp³-hybridized carbons (Fsp3) is 0.185. The van der Waals surface area contributed by atoms with Crippen LogP contribution in [0.4, 0.5) is 33.5 Å². The molecule has 4 aromatic rings. The van der Waals surface area contributed by atoms with Gasteiger partial charge in [-0.15, -0.1) is 0 Å². The lowest BCUT2D eigenvalue weighted by atomic mass is 10.1. The molecule has 0 bridgehead atoms. The number of hydrogen-bond acceptors (Lipinski definition) is 4. The molecule has 0 spiro atoms. The minimum Gasteiger partial charge on any atom is -0.453 e. The van der Waals surface area contributed by atoms with Crippen LogP contribution >= 0.6 is 11.6 Å². The van der Waals surface area contributed by atoms with Gasteiger partial charge in [-0.05, 0) is 49.2 Å². The molecule has 1 aliphatic carbocycles. The molecule has 3 N–H and O–H groups in total. The third kappa shape index (κ3) is 5.47. The first kappa shape index (κ1) is 26.3. The zero-order valence-corrected chi connectivity index (χ0v) is 20.8. The van der Waals surface area contributed by atoms with Crippen LogP contribution in [0.3, 0.4) is 0 Å². The van der Waals surface area contributed by atoms with E-state index in [0.717, 1.165) is 25.0 Å². The molecule has 6 nitrogen and oxygen atoms in total. The normalized spacial score (nSPS) is 13.2. The zero-order valence-electron chi connectivity index (χ0n) is 20.1. The maximum Gasteiger partial charge on any atom is 0.416 e. The number of halogens is 6. The van der Waals surface area contributed by atoms with E-state index >= 15 is 0 Å². The van der Waals surface area contributed by atoms with Crippen molar-refractivity contribution in [2.75, 3.05) is 11.1 Å². The van der Waals surface area contributed by atoms with Crippen molar-refractivity contribution in [3.8, 4) is 23.3 Å². The van der Waals surface area contributed by atoms with Crippen LogP contribution in [-0.4, -0.2) is 15.7 Å². The number of hydrogen-bond donors (Lipinski definition) is 2. The Morgan fingerprint density at radius 1 is 1.15 bits per heavy atom. The number of aryl methyl sites for hydroxylation is 1. The number of ether oxygens (including phenoxy) is 1. The Labute approximate surface area is 223 Å². The van der Waals surface area contributed by atoms with Gasteiger partial charge in [0.2, 0.25) is 0 Å². The van der Waals surface area contributed by atoms with Gasteiger partial charge >= 0.3 is 6.18 Å². The van der Waals surface area contributed by atoms with E-state index in [-0.39, 0.29) is 45.4 Å². The van der Waals surface area contributed by atoms with Crippen molar-refractivity contribution in [3.05, 3.63) is 75.8 Å². The molecule has 1 aromatic heterocycles. The average molecular weight is 561 g/mol. The molecule has 39 heavy (non-hydrogen) atoms. The van der Waals surface area contributed by atoms with Crippen LogP contribution in [-0.2, 0) is 13.2 Å². The van der Waals surface area contributed by atoms with Gasteiger partial charge in [0.05, 0.1) is 32.7 Å². The number of benzene rings is 3. The number of nitrogens with zero attached hydrogens (tertiary/aromatic N) is 2. The van der Waals surface area contributed by atoms with Crippen LogP contribution in [0.25, 0.3) is 10.9 Å². The largest absolute Gasteiger partial charge is 0.453 e. The number of carbonyl (C=O) groups is 1. The lowest BCUT2D eigenvalue weighted by Gasteiger charge is -2.16. The van der Waals surface area contributed by atoms with Crippen molar-refractivity contribution in [1.82, 2.24) is 9.78 Å². The molecule has 0 saturated heterocycles. The highest BCUT2D eigenvalue weighted by atomic mass is 35.5. The Bertz CT molecular complexity index is 1700. The molecule has 0 aliphatic heterocycles. The Balaban J connectivity index is 1.68. The third-order valence-corrected chi connectivity index (χ3v) is 6.23. The predicted molar refractivity (Wildman–Crippen MR) is 136 cm³/mol. The van der Waals surface area contributed by atoms with Gasteiger partial charge in [-0.25, -0.2) is 8.78 Å². The number of nitrogen functional groups attached to an aromatic ring is 1. The van der Waals surface area contributed by atoms with Crippen LogP contribution in [0.15, 0.2) is 42.5 Å². The number of nitrogens with one attached hydrogen (secondary N) is 1. The van der Waals surface area contributed by atoms with E-state index in [1.807, 2.05) is 0 Å². The highest BCUT2D eigenvalue weighted by molar-refractivity contribution is 6.32. The van der Waals surface area contributed by atoms with Gasteiger partial charge in [-0.3, -0.25) is 9.48 Å². The molecule has 1 heterocycles. The first-order valence-corrected chi connectivity index (χ1v) is 11.9. The van der Waals surface area contributed by atoms with E-state index in [0.29, 0.717) is 23.2 Å². The fourth-order valence-electron chi connectivity index (χ4n) is 3.94. The summed E-state index contributed by atoms with van der Waals surface area (Å²) < 4.78 is 75.1. The van der Waals surface area contributed by atoms with Gasteiger partial charge in [0, 0.05) is 24.6 Å². The summed E-state index contributed by atoms with van der Waals surface area (Å²) in [4.78, 5) is 13.1. The molecule has 0 atom stereocenters. The highest BCUT2D eigenvalue weighted by Gasteiger charge is 2.32. The van der Waals surface area contributed by atoms with E-state index in [9.17, 15) is 26.7 Å². The monoisotopic (exact) mass is 560 g/mol. The average Bonchev–Trinajstić information content (AvgIpc) is 3.64. The number of alkyl halides is 3. The molecule has 12 heteroatoms. The van der Waals surface area contributed by atoms with Crippen LogP contribution < -0.4 is 15.8 Å². The standard InChI is InChI=1S/C27H18ClF5N4O2/c1-37-23-14(5-4-13-2-3-13)10-20(35-26(38)15-8-16(27(31,32)33)11-18(30)9-15)24(22(23)25(34)36-37)39-21-12-17(29)6-7-19(21)28/h6-13H,2-3H2,1H3,(H2,34,36)(H,35,38). The second-order valence-corrected chi connectivity index (χ2v) is 9.34. The van der Waals surface area contributed by atoms with E-state index in [1.54, 1.807) is 7.05 Å². The quantitative estimate of drug-likeness (QED) is 0.210. The Kier molecular flexibility index (Phi) is 6.60. The van der Waals surface area contributed by atoms with Gasteiger partial charge in [-0.1, -0.05) is 23.4 Å². The van der Waals surface area contributed by atoms with Gasteiger partial charge in [-0.2, -0.15) is 18.3 Å². The van der Waals surface area contributed by atoms with Crippen LogP contribution in [0.5, 0.6) is 11.5 Å². The summed E-state index contributed by atoms with van der Waals surface area (Å²) in [6.45, 7) is 0. The minimum atomic E-state index is -4.88. The molecule has 0 unspecified atom stereocenters. The van der Waals surface area contributed by atoms with E-state index < -0.39 is 34.8 Å². The molecule has 1 amide bonds. The number of aromatic nitrogens is 2. The van der Waals surface area contributed by atoms with Crippen molar-refractivity contribution in [3.63, 3.8) is 0 Å². The van der Waals surface area contributed by atoms with Crippen molar-refractivity contribution in [2.45, 2.75) is 19.0 Å². The lowest BCUT2D eigenvalue weighted by Crippen LogP contribution is -2.15. The lowest BCUT2D eigenvalue weighted by molar-refractivity contribution is -0.137. The van der Waals surface area contributed by atoms with Gasteiger partial charge < -0.3 is 15.8 Å². The van der Waals surface area contributed by atoms with Gasteiger partial charge in [0.25, 0.3) is 5.91 Å². The molecular formula is C27H18ClF5N4O2. The van der Waals surface area contributed by atoms with Crippen molar-refractivity contribution >= 4 is 39.9 Å². The van der Waals surface area contributed by atoms with Crippen LogP contribution in [0, 0.1) is 29.4 Å². The summed E-state index contributed by atoms with van der Waals surface area (Å²) in [7, 11) is 1.61. The summed E-state index contributed by atoms with van der Waals surface area (Å²) >= 11 is 6.19. The maximum atomic E-state index is 14.0. The molecule has 1 aliphatic rings. The predicted octanol–water partition coefficient (Wildman–Crippen LogP) is 6.91. The van der Waals surface area contributed by atoms with Crippen LogP contribution in [0.2, 0.25) is 5.02 Å². The Morgan fingerprint density at radius 3 is 2.59 bits per heavy atom. The van der Waals surface area contributed by atoms with E-state index in [2.05, 4.69) is 22.3 Å². The molecule has 1 fully saturated rings. The van der Waals surface area contributed by atoms with Crippen LogP contribution in [0.1, 0.15) is 34.3 Å². The van der Waals surface area contributed by atoms with Crippen molar-refractivity contribution in [2.24, 2.45) is 13.0 Å². The summed E-state index contributed by atoms with van der Waals surface area (Å²) in [5.41, 5.74) is 5.00. The second-order valence-electron chi connectivity index (χ2n) is 8.93. The van der Waals surface area contributed by atoms with Crippen molar-refractivity contribution < 1.29 is 31.5 Å². The minimum absolute atomic E-state index is 0.0225. The molecule has 3 aromatic carbocycles. The number of fused-ring (bicyclic) bond motifs is 1. The summed E-state index contributed by atoms with van der Waals surface area (Å²) in [6.07, 6.45) is -3.00. The number of anilines is 2. The topological polar surface area (TPSA) is 82.2 Å². The molecule has 200 valence electrons. The Hall–Kier alpha value is -4.30. The smallest absolute Gasteiger partial charge is 0.416 e. The molecule has 0 radical (unpaired) electrons. The number of rotatable bonds is 4. The first-order chi connectivity index (χ1) is 18.4. The third-order valence-electron chi connectivity index (χ3n) is 5.92. The number of nitrogens with two attached hydrogens (primary N) is 1. The number of carbonyl (C=O) groups excluding carboxylic acids is 1. The Morgan fingerprint density at radius 2 is 1.90 bits per heavy atom. The summed E-state index contributed by atoms with van der Waals surface area (Å²) in [6, 6.07) is 6.29. The van der Waals surface area contributed by atoms with Gasteiger partial charge in [0.15, 0.2) is 11.6 Å². The molecular weight excluding hydrogens is 543 g/mol. The fourth-order valence-corrected chi connectivity index (χ4v) is 4.09. The summed E-state index contributed by atoms with van der Waals surface area (Å²) in [5.74, 6) is 3.10. The molecule has 1 saturated carbocycles. The zero-order chi connectivity index (χ0) is 28.1. The SMILES string of the molecule is Cn1nc(N)c2c(Oc3cc(F)ccc3Cl)c(NC(=O)c3cc(F)cc(C(F)(F)F)c3)cc(C#CC3CC3)c21. The van der Waals surface area contributed by atoms with E-state index in [1.165, 1.54) is 16.8 Å². The maximum absolute atomic E-state index is 14.0. The van der Waals surface area contributed by atoms with E-state index in [4.69, 9.17) is 22.1 Å². The highest BCUT2D eigenvalue weighted by Crippen LogP contribution is 2.44. The van der Waals surface area contributed by atoms with Gasteiger partial charge in [0.1, 0.15) is 17.4 Å². The number of amides is 1. The summed E-state index contributed by atoms with van der Waals surface area (Å²) in [5, 5.41) is 6.91. The second kappa shape index (κ2) is 9.78. The first-order valence-electron chi connectivity index (χ1n) is 11.5.